The molecule has 0 radical (unpaired) electrons. The zero-order valence-electron chi connectivity index (χ0n) is 10.4. The Morgan fingerprint density at radius 1 is 1.47 bits per heavy atom. The number of benzene rings is 1. The van der Waals surface area contributed by atoms with Crippen LogP contribution >= 0.6 is 15.9 Å². The maximum atomic E-state index is 10.8. The van der Waals surface area contributed by atoms with Crippen molar-refractivity contribution < 1.29 is 19.2 Å². The minimum Gasteiger partial charge on any atom is -0.495 e. The molecule has 0 spiro atoms. The van der Waals surface area contributed by atoms with Crippen LogP contribution in [-0.4, -0.2) is 23.3 Å². The molecule has 0 amide bonds. The van der Waals surface area contributed by atoms with E-state index in [0.717, 1.165) is 16.5 Å². The molecular formula is C13H12BrNO4. The summed E-state index contributed by atoms with van der Waals surface area (Å²) in [7, 11) is 1.55. The van der Waals surface area contributed by atoms with Gasteiger partial charge >= 0.3 is 5.97 Å². The minimum atomic E-state index is -1.13. The quantitative estimate of drug-likeness (QED) is 0.932. The van der Waals surface area contributed by atoms with Crippen LogP contribution in [0.5, 0.6) is 5.75 Å². The zero-order valence-corrected chi connectivity index (χ0v) is 12.0. The molecule has 0 fully saturated rings. The van der Waals surface area contributed by atoms with Gasteiger partial charge in [0.05, 0.1) is 17.1 Å². The third-order valence-electron chi connectivity index (χ3n) is 2.71. The summed E-state index contributed by atoms with van der Waals surface area (Å²) in [6, 6.07) is 5.23. The molecule has 0 saturated heterocycles. The van der Waals surface area contributed by atoms with Crippen molar-refractivity contribution in [2.75, 3.05) is 7.11 Å². The van der Waals surface area contributed by atoms with E-state index >= 15 is 0 Å². The Morgan fingerprint density at radius 2 is 2.21 bits per heavy atom. The Labute approximate surface area is 118 Å². The Kier molecular flexibility index (Phi) is 3.90. The topological polar surface area (TPSA) is 72.6 Å². The molecule has 100 valence electrons. The lowest BCUT2D eigenvalue weighted by Crippen LogP contribution is -1.94. The summed E-state index contributed by atoms with van der Waals surface area (Å²) in [5, 5.41) is 12.4. The van der Waals surface area contributed by atoms with Gasteiger partial charge in [0.25, 0.3) is 0 Å². The second-order valence-electron chi connectivity index (χ2n) is 3.89. The molecule has 1 aromatic heterocycles. The molecule has 1 heterocycles. The largest absolute Gasteiger partial charge is 0.495 e. The van der Waals surface area contributed by atoms with Crippen LogP contribution in [0.4, 0.5) is 0 Å². The number of rotatable bonds is 4. The highest BCUT2D eigenvalue weighted by Crippen LogP contribution is 2.38. The SMILES string of the molecule is CCc1cc(Br)c(OC)c(-c2cc(C(=O)O)no2)c1. The number of carbonyl (C=O) groups is 1. The average Bonchev–Trinajstić information content (AvgIpc) is 2.87. The van der Waals surface area contributed by atoms with Crippen LogP contribution in [0, 0.1) is 0 Å². The molecule has 0 unspecified atom stereocenters. The number of aromatic carboxylic acids is 1. The van der Waals surface area contributed by atoms with E-state index in [4.69, 9.17) is 14.4 Å². The molecule has 19 heavy (non-hydrogen) atoms. The number of aromatic nitrogens is 1. The van der Waals surface area contributed by atoms with E-state index in [0.29, 0.717) is 17.1 Å². The third kappa shape index (κ3) is 2.63. The van der Waals surface area contributed by atoms with Crippen molar-refractivity contribution in [2.24, 2.45) is 0 Å². The van der Waals surface area contributed by atoms with Crippen molar-refractivity contribution in [2.45, 2.75) is 13.3 Å². The number of aryl methyl sites for hydroxylation is 1. The van der Waals surface area contributed by atoms with Gasteiger partial charge < -0.3 is 14.4 Å². The lowest BCUT2D eigenvalue weighted by Gasteiger charge is -2.10. The van der Waals surface area contributed by atoms with Crippen molar-refractivity contribution in [3.8, 4) is 17.1 Å². The molecule has 1 aromatic carbocycles. The fourth-order valence-electron chi connectivity index (χ4n) is 1.75. The molecule has 0 bridgehead atoms. The summed E-state index contributed by atoms with van der Waals surface area (Å²) in [6.45, 7) is 2.03. The highest BCUT2D eigenvalue weighted by Gasteiger charge is 2.18. The van der Waals surface area contributed by atoms with Crippen LogP contribution in [0.2, 0.25) is 0 Å². The van der Waals surface area contributed by atoms with Gasteiger partial charge in [-0.25, -0.2) is 4.79 Å². The van der Waals surface area contributed by atoms with Crippen molar-refractivity contribution in [3.05, 3.63) is 33.9 Å². The van der Waals surface area contributed by atoms with E-state index in [1.54, 1.807) is 7.11 Å². The Bertz CT molecular complexity index is 621. The van der Waals surface area contributed by atoms with Crippen molar-refractivity contribution in [1.82, 2.24) is 5.16 Å². The van der Waals surface area contributed by atoms with Gasteiger partial charge in [-0.3, -0.25) is 0 Å². The number of nitrogens with zero attached hydrogens (tertiary/aromatic N) is 1. The van der Waals surface area contributed by atoms with Gasteiger partial charge in [0, 0.05) is 6.07 Å². The molecule has 2 aromatic rings. The Morgan fingerprint density at radius 3 is 2.74 bits per heavy atom. The van der Waals surface area contributed by atoms with Crippen LogP contribution in [0.3, 0.4) is 0 Å². The molecule has 0 saturated carbocycles. The molecule has 0 aliphatic carbocycles. The number of methoxy groups -OCH3 is 1. The monoisotopic (exact) mass is 325 g/mol. The third-order valence-corrected chi connectivity index (χ3v) is 3.30. The summed E-state index contributed by atoms with van der Waals surface area (Å²) >= 11 is 3.43. The van der Waals surface area contributed by atoms with E-state index in [-0.39, 0.29) is 5.69 Å². The highest BCUT2D eigenvalue weighted by atomic mass is 79.9. The smallest absolute Gasteiger partial charge is 0.358 e. The minimum absolute atomic E-state index is 0.130. The van der Waals surface area contributed by atoms with Crippen molar-refractivity contribution in [1.29, 1.82) is 0 Å². The van der Waals surface area contributed by atoms with Crippen LogP contribution < -0.4 is 4.74 Å². The van der Waals surface area contributed by atoms with Gasteiger partial charge in [-0.15, -0.1) is 0 Å². The van der Waals surface area contributed by atoms with E-state index in [1.807, 2.05) is 19.1 Å². The van der Waals surface area contributed by atoms with Crippen LogP contribution in [0.1, 0.15) is 23.0 Å². The normalized spacial score (nSPS) is 10.5. The second-order valence-corrected chi connectivity index (χ2v) is 4.75. The van der Waals surface area contributed by atoms with Crippen molar-refractivity contribution in [3.63, 3.8) is 0 Å². The molecule has 0 atom stereocenters. The first kappa shape index (κ1) is 13.6. The highest BCUT2D eigenvalue weighted by molar-refractivity contribution is 9.10. The Balaban J connectivity index is 2.58. The lowest BCUT2D eigenvalue weighted by molar-refractivity contribution is 0.0686. The van der Waals surface area contributed by atoms with E-state index in [2.05, 4.69) is 21.1 Å². The lowest BCUT2D eigenvalue weighted by atomic mass is 10.1. The first-order chi connectivity index (χ1) is 9.06. The van der Waals surface area contributed by atoms with Gasteiger partial charge in [-0.1, -0.05) is 12.1 Å². The van der Waals surface area contributed by atoms with Crippen LogP contribution in [0.15, 0.2) is 27.2 Å². The van der Waals surface area contributed by atoms with Gasteiger partial charge in [0.2, 0.25) is 0 Å². The van der Waals surface area contributed by atoms with Gasteiger partial charge in [-0.05, 0) is 40.0 Å². The maximum absolute atomic E-state index is 10.8. The van der Waals surface area contributed by atoms with Gasteiger partial charge in [-0.2, -0.15) is 0 Å². The molecule has 0 aliphatic rings. The van der Waals surface area contributed by atoms with E-state index in [9.17, 15) is 4.79 Å². The summed E-state index contributed by atoms with van der Waals surface area (Å²) < 4.78 is 11.2. The maximum Gasteiger partial charge on any atom is 0.358 e. The van der Waals surface area contributed by atoms with Crippen molar-refractivity contribution >= 4 is 21.9 Å². The summed E-state index contributed by atoms with van der Waals surface area (Å²) in [5.41, 5.74) is 1.62. The molecule has 5 nitrogen and oxygen atoms in total. The Hall–Kier alpha value is -1.82. The first-order valence-corrected chi connectivity index (χ1v) is 6.43. The summed E-state index contributed by atoms with van der Waals surface area (Å²) in [4.78, 5) is 10.8. The number of hydrogen-bond donors (Lipinski definition) is 1. The van der Waals surface area contributed by atoms with E-state index < -0.39 is 5.97 Å². The number of halogens is 1. The molecule has 6 heteroatoms. The van der Waals surface area contributed by atoms with Gasteiger partial charge in [0.15, 0.2) is 11.5 Å². The fraction of sp³-hybridized carbons (Fsp3) is 0.231. The predicted octanol–water partition coefficient (Wildman–Crippen LogP) is 3.37. The zero-order chi connectivity index (χ0) is 14.0. The standard InChI is InChI=1S/C13H12BrNO4/c1-3-7-4-8(12(18-2)9(14)5-7)11-6-10(13(16)17)15-19-11/h4-6H,3H2,1-2H3,(H,16,17). The first-order valence-electron chi connectivity index (χ1n) is 5.63. The predicted molar refractivity (Wildman–Crippen MR) is 72.5 cm³/mol. The number of hydrogen-bond acceptors (Lipinski definition) is 4. The fourth-order valence-corrected chi connectivity index (χ4v) is 2.42. The van der Waals surface area contributed by atoms with E-state index in [1.165, 1.54) is 6.07 Å². The van der Waals surface area contributed by atoms with Crippen LogP contribution in [-0.2, 0) is 6.42 Å². The second kappa shape index (κ2) is 5.44. The molecule has 2 rings (SSSR count). The summed E-state index contributed by atoms with van der Waals surface area (Å²) in [5.74, 6) is -0.171. The number of carboxylic acids is 1. The van der Waals surface area contributed by atoms with Crippen LogP contribution in [0.25, 0.3) is 11.3 Å². The number of carboxylic acid groups (broad SMARTS) is 1. The van der Waals surface area contributed by atoms with Gasteiger partial charge in [0.1, 0.15) is 5.75 Å². The summed E-state index contributed by atoms with van der Waals surface area (Å²) in [6.07, 6.45) is 0.843. The number of ether oxygens (including phenoxy) is 1. The molecule has 0 aliphatic heterocycles. The average molecular weight is 326 g/mol. The molecular weight excluding hydrogens is 314 g/mol. The molecule has 1 N–H and O–H groups in total.